The normalized spacial score (nSPS) is 12.3. The van der Waals surface area contributed by atoms with Gasteiger partial charge in [-0.15, -0.1) is 0 Å². The van der Waals surface area contributed by atoms with E-state index in [1.54, 1.807) is 19.9 Å². The molecule has 0 heterocycles. The van der Waals surface area contributed by atoms with Crippen LogP contribution in [0.25, 0.3) is 0 Å². The second kappa shape index (κ2) is 5.98. The first-order valence-electron chi connectivity index (χ1n) is 5.33. The maximum Gasteiger partial charge on any atom is 0.323 e. The summed E-state index contributed by atoms with van der Waals surface area (Å²) in [4.78, 5) is 11.3. The molecule has 0 saturated heterocycles. The quantitative estimate of drug-likeness (QED) is 0.844. The summed E-state index contributed by atoms with van der Waals surface area (Å²) in [5.41, 5.74) is 6.63. The number of benzene rings is 1. The number of aryl methyl sites for hydroxylation is 1. The molecule has 1 unspecified atom stereocenters. The highest BCUT2D eigenvalue weighted by atomic mass is 35.5. The zero-order chi connectivity index (χ0) is 13.0. The Morgan fingerprint density at radius 2 is 2.24 bits per heavy atom. The van der Waals surface area contributed by atoms with Gasteiger partial charge in [0.2, 0.25) is 0 Å². The van der Waals surface area contributed by atoms with Crippen molar-refractivity contribution in [3.8, 4) is 0 Å². The monoisotopic (exact) mass is 259 g/mol. The van der Waals surface area contributed by atoms with Gasteiger partial charge in [0, 0.05) is 17.0 Å². The van der Waals surface area contributed by atoms with E-state index in [0.717, 1.165) is 5.56 Å². The number of rotatable bonds is 4. The van der Waals surface area contributed by atoms with Crippen LogP contribution in [0.3, 0.4) is 0 Å². The summed E-state index contributed by atoms with van der Waals surface area (Å²) < 4.78 is 18.3. The van der Waals surface area contributed by atoms with Gasteiger partial charge in [-0.05, 0) is 25.5 Å². The molecule has 1 atom stereocenters. The number of esters is 1. The van der Waals surface area contributed by atoms with Gasteiger partial charge in [-0.2, -0.15) is 0 Å². The summed E-state index contributed by atoms with van der Waals surface area (Å²) in [6, 6.07) is 2.00. The summed E-state index contributed by atoms with van der Waals surface area (Å²) in [6.07, 6.45) is 0.0329. The average molecular weight is 260 g/mol. The number of carbonyl (C=O) groups is 1. The van der Waals surface area contributed by atoms with Crippen molar-refractivity contribution in [1.29, 1.82) is 0 Å². The van der Waals surface area contributed by atoms with Gasteiger partial charge in [0.25, 0.3) is 0 Å². The largest absolute Gasteiger partial charge is 0.465 e. The molecule has 1 aromatic carbocycles. The molecule has 1 aromatic rings. The molecule has 17 heavy (non-hydrogen) atoms. The van der Waals surface area contributed by atoms with Crippen molar-refractivity contribution in [1.82, 2.24) is 0 Å². The topological polar surface area (TPSA) is 52.3 Å². The lowest BCUT2D eigenvalue weighted by Gasteiger charge is -2.13. The molecule has 0 bridgehead atoms. The fraction of sp³-hybridized carbons (Fsp3) is 0.417. The number of hydrogen-bond donors (Lipinski definition) is 1. The SMILES string of the molecule is CCOC(=O)C(N)Cc1c(F)ccc(C)c1Cl. The molecule has 1 rings (SSSR count). The lowest BCUT2D eigenvalue weighted by molar-refractivity contribution is -0.144. The second-order valence-electron chi connectivity index (χ2n) is 3.72. The maximum absolute atomic E-state index is 13.5. The Morgan fingerprint density at radius 1 is 1.59 bits per heavy atom. The zero-order valence-electron chi connectivity index (χ0n) is 9.80. The minimum absolute atomic E-state index is 0.0329. The van der Waals surface area contributed by atoms with Crippen LogP contribution in [0.4, 0.5) is 4.39 Å². The Hall–Kier alpha value is -1.13. The van der Waals surface area contributed by atoms with E-state index in [1.807, 2.05) is 0 Å². The highest BCUT2D eigenvalue weighted by Crippen LogP contribution is 2.24. The lowest BCUT2D eigenvalue weighted by Crippen LogP contribution is -2.34. The Kier molecular flexibility index (Phi) is 4.90. The van der Waals surface area contributed by atoms with E-state index in [1.165, 1.54) is 6.07 Å². The molecule has 2 N–H and O–H groups in total. The molecule has 0 aliphatic rings. The molecular formula is C12H15ClFNO2. The molecule has 94 valence electrons. The maximum atomic E-state index is 13.5. The number of halogens is 2. The van der Waals surface area contributed by atoms with Crippen LogP contribution in [0.1, 0.15) is 18.1 Å². The van der Waals surface area contributed by atoms with Crippen LogP contribution in [-0.2, 0) is 16.0 Å². The second-order valence-corrected chi connectivity index (χ2v) is 4.10. The number of hydrogen-bond acceptors (Lipinski definition) is 3. The van der Waals surface area contributed by atoms with Crippen molar-refractivity contribution in [2.24, 2.45) is 5.73 Å². The number of nitrogens with two attached hydrogens (primary N) is 1. The van der Waals surface area contributed by atoms with Crippen molar-refractivity contribution in [3.05, 3.63) is 34.1 Å². The van der Waals surface area contributed by atoms with Crippen molar-refractivity contribution in [2.45, 2.75) is 26.3 Å². The molecule has 0 aliphatic carbocycles. The van der Waals surface area contributed by atoms with Gasteiger partial charge in [0.15, 0.2) is 0 Å². The van der Waals surface area contributed by atoms with Gasteiger partial charge < -0.3 is 10.5 Å². The Morgan fingerprint density at radius 3 is 2.82 bits per heavy atom. The Labute approximate surface area is 105 Å². The van der Waals surface area contributed by atoms with E-state index < -0.39 is 17.8 Å². The van der Waals surface area contributed by atoms with Gasteiger partial charge in [0.1, 0.15) is 11.9 Å². The minimum Gasteiger partial charge on any atom is -0.465 e. The molecule has 0 saturated carbocycles. The lowest BCUT2D eigenvalue weighted by atomic mass is 10.0. The van der Waals surface area contributed by atoms with Gasteiger partial charge in [-0.1, -0.05) is 17.7 Å². The first-order chi connectivity index (χ1) is 7.97. The predicted molar refractivity (Wildman–Crippen MR) is 64.5 cm³/mol. The van der Waals surface area contributed by atoms with Crippen LogP contribution in [0, 0.1) is 12.7 Å². The molecule has 0 spiro atoms. The number of carbonyl (C=O) groups excluding carboxylic acids is 1. The van der Waals surface area contributed by atoms with E-state index in [9.17, 15) is 9.18 Å². The van der Waals surface area contributed by atoms with Crippen LogP contribution in [0.2, 0.25) is 5.02 Å². The van der Waals surface area contributed by atoms with Crippen molar-refractivity contribution < 1.29 is 13.9 Å². The Balaban J connectivity index is 2.88. The average Bonchev–Trinajstić information content (AvgIpc) is 2.29. The first-order valence-corrected chi connectivity index (χ1v) is 5.70. The third kappa shape index (κ3) is 3.41. The van der Waals surface area contributed by atoms with Gasteiger partial charge >= 0.3 is 5.97 Å². The standard InChI is InChI=1S/C12H15ClFNO2/c1-3-17-12(16)10(15)6-8-9(14)5-4-7(2)11(8)13/h4-5,10H,3,6,15H2,1-2H3. The summed E-state index contributed by atoms with van der Waals surface area (Å²) in [6.45, 7) is 3.70. The van der Waals surface area contributed by atoms with Crippen LogP contribution < -0.4 is 5.73 Å². The summed E-state index contributed by atoms with van der Waals surface area (Å²) in [5, 5.41) is 0.310. The van der Waals surface area contributed by atoms with Crippen molar-refractivity contribution in [3.63, 3.8) is 0 Å². The zero-order valence-corrected chi connectivity index (χ0v) is 10.6. The fourth-order valence-corrected chi connectivity index (χ4v) is 1.68. The van der Waals surface area contributed by atoms with Crippen LogP contribution >= 0.6 is 11.6 Å². The van der Waals surface area contributed by atoms with Crippen molar-refractivity contribution in [2.75, 3.05) is 6.61 Å². The van der Waals surface area contributed by atoms with E-state index in [4.69, 9.17) is 22.1 Å². The van der Waals surface area contributed by atoms with Gasteiger partial charge in [-0.25, -0.2) is 4.39 Å². The van der Waals surface area contributed by atoms with Gasteiger partial charge in [0.05, 0.1) is 6.61 Å². The van der Waals surface area contributed by atoms with E-state index >= 15 is 0 Å². The van der Waals surface area contributed by atoms with E-state index in [2.05, 4.69) is 0 Å². The molecule has 0 amide bonds. The molecule has 0 aliphatic heterocycles. The Bertz CT molecular complexity index is 423. The predicted octanol–water partition coefficient (Wildman–Crippen LogP) is 2.22. The van der Waals surface area contributed by atoms with Gasteiger partial charge in [-0.3, -0.25) is 4.79 Å². The van der Waals surface area contributed by atoms with E-state index in [-0.39, 0.29) is 18.6 Å². The highest BCUT2D eigenvalue weighted by Gasteiger charge is 2.19. The van der Waals surface area contributed by atoms with Crippen LogP contribution in [0.15, 0.2) is 12.1 Å². The minimum atomic E-state index is -0.899. The first kappa shape index (κ1) is 13.9. The van der Waals surface area contributed by atoms with Crippen molar-refractivity contribution >= 4 is 17.6 Å². The number of ether oxygens (including phenoxy) is 1. The summed E-state index contributed by atoms with van der Waals surface area (Å²) >= 11 is 5.98. The highest BCUT2D eigenvalue weighted by molar-refractivity contribution is 6.32. The fourth-order valence-electron chi connectivity index (χ4n) is 1.45. The molecule has 5 heteroatoms. The van der Waals surface area contributed by atoms with Crippen LogP contribution in [-0.4, -0.2) is 18.6 Å². The molecular weight excluding hydrogens is 245 g/mol. The molecule has 3 nitrogen and oxygen atoms in total. The molecule has 0 aromatic heterocycles. The van der Waals surface area contributed by atoms with E-state index in [0.29, 0.717) is 5.02 Å². The molecule has 0 radical (unpaired) electrons. The third-order valence-electron chi connectivity index (χ3n) is 2.39. The van der Waals surface area contributed by atoms with Crippen LogP contribution in [0.5, 0.6) is 0 Å². The summed E-state index contributed by atoms with van der Waals surface area (Å²) in [7, 11) is 0. The summed E-state index contributed by atoms with van der Waals surface area (Å²) in [5.74, 6) is -1.01. The smallest absolute Gasteiger partial charge is 0.323 e. The molecule has 0 fully saturated rings. The third-order valence-corrected chi connectivity index (χ3v) is 2.92.